The van der Waals surface area contributed by atoms with E-state index in [1.165, 1.54) is 21.3 Å². The zero-order chi connectivity index (χ0) is 21.1. The zero-order valence-corrected chi connectivity index (χ0v) is 17.0. The van der Waals surface area contributed by atoms with Crippen molar-refractivity contribution in [1.82, 2.24) is 9.21 Å². The standard InChI is InChI=1S/C22H21FN2O4S/c23-20-7-3-4-8-21(20)29-16-22(26)24-11-13-25(14-12-24)30(27,28)19-10-9-17-5-1-2-6-18(17)15-19/h1-10,15H,11-14,16H2. The third-order valence-electron chi connectivity index (χ3n) is 5.14. The van der Waals surface area contributed by atoms with Crippen molar-refractivity contribution >= 4 is 26.7 Å². The molecule has 0 bridgehead atoms. The highest BCUT2D eigenvalue weighted by atomic mass is 32.2. The molecule has 1 aliphatic heterocycles. The molecule has 3 aromatic rings. The van der Waals surface area contributed by atoms with Gasteiger partial charge < -0.3 is 9.64 Å². The normalized spacial score (nSPS) is 15.3. The number of ether oxygens (including phenoxy) is 1. The van der Waals surface area contributed by atoms with Crippen LogP contribution in [0.5, 0.6) is 5.75 Å². The van der Waals surface area contributed by atoms with Crippen LogP contribution in [0.4, 0.5) is 4.39 Å². The number of benzene rings is 3. The van der Waals surface area contributed by atoms with Gasteiger partial charge in [0.05, 0.1) is 4.90 Å². The second-order valence-corrected chi connectivity index (χ2v) is 8.95. The summed E-state index contributed by atoms with van der Waals surface area (Å²) >= 11 is 0. The fourth-order valence-electron chi connectivity index (χ4n) is 3.45. The van der Waals surface area contributed by atoms with Crippen LogP contribution in [-0.2, 0) is 14.8 Å². The molecule has 3 aromatic carbocycles. The van der Waals surface area contributed by atoms with Crippen LogP contribution in [0.3, 0.4) is 0 Å². The van der Waals surface area contributed by atoms with Crippen LogP contribution < -0.4 is 4.74 Å². The first-order valence-electron chi connectivity index (χ1n) is 9.59. The molecule has 0 saturated carbocycles. The molecule has 8 heteroatoms. The van der Waals surface area contributed by atoms with Gasteiger partial charge in [-0.2, -0.15) is 4.31 Å². The molecule has 0 atom stereocenters. The third kappa shape index (κ3) is 4.15. The fraction of sp³-hybridized carbons (Fsp3) is 0.227. The number of hydrogen-bond donors (Lipinski definition) is 0. The van der Waals surface area contributed by atoms with E-state index < -0.39 is 15.8 Å². The second kappa shape index (κ2) is 8.41. The van der Waals surface area contributed by atoms with Gasteiger partial charge in [0.25, 0.3) is 5.91 Å². The summed E-state index contributed by atoms with van der Waals surface area (Å²) in [7, 11) is -3.65. The number of rotatable bonds is 5. The average Bonchev–Trinajstić information content (AvgIpc) is 2.78. The van der Waals surface area contributed by atoms with Crippen molar-refractivity contribution in [1.29, 1.82) is 0 Å². The largest absolute Gasteiger partial charge is 0.481 e. The summed E-state index contributed by atoms with van der Waals surface area (Å²) in [5.74, 6) is -0.819. The van der Waals surface area contributed by atoms with E-state index >= 15 is 0 Å². The first-order valence-corrected chi connectivity index (χ1v) is 11.0. The lowest BCUT2D eigenvalue weighted by atomic mass is 10.1. The number of para-hydroxylation sites is 1. The molecule has 1 fully saturated rings. The Balaban J connectivity index is 1.38. The highest BCUT2D eigenvalue weighted by Crippen LogP contribution is 2.23. The van der Waals surface area contributed by atoms with Gasteiger partial charge in [-0.15, -0.1) is 0 Å². The van der Waals surface area contributed by atoms with Gasteiger partial charge in [0.1, 0.15) is 0 Å². The number of piperazine rings is 1. The van der Waals surface area contributed by atoms with Crippen molar-refractivity contribution < 1.29 is 22.3 Å². The van der Waals surface area contributed by atoms with Crippen LogP contribution >= 0.6 is 0 Å². The summed E-state index contributed by atoms with van der Waals surface area (Å²) < 4.78 is 46.3. The summed E-state index contributed by atoms with van der Waals surface area (Å²) in [5.41, 5.74) is 0. The van der Waals surface area contributed by atoms with Crippen LogP contribution in [0.25, 0.3) is 10.8 Å². The summed E-state index contributed by atoms with van der Waals surface area (Å²) in [5, 5.41) is 1.83. The molecule has 1 amide bonds. The SMILES string of the molecule is O=C(COc1ccccc1F)N1CCN(S(=O)(=O)c2ccc3ccccc3c2)CC1. The molecular weight excluding hydrogens is 407 g/mol. The summed E-state index contributed by atoms with van der Waals surface area (Å²) in [6.07, 6.45) is 0. The highest BCUT2D eigenvalue weighted by Gasteiger charge is 2.30. The third-order valence-corrected chi connectivity index (χ3v) is 7.03. The Morgan fingerprint density at radius 2 is 1.57 bits per heavy atom. The molecule has 0 aliphatic carbocycles. The van der Waals surface area contributed by atoms with E-state index in [2.05, 4.69) is 0 Å². The maximum atomic E-state index is 13.6. The minimum atomic E-state index is -3.65. The van der Waals surface area contributed by atoms with Gasteiger partial charge in [0, 0.05) is 26.2 Å². The Kier molecular flexibility index (Phi) is 5.69. The molecular formula is C22H21FN2O4S. The Bertz CT molecular complexity index is 1170. The molecule has 0 unspecified atom stereocenters. The average molecular weight is 428 g/mol. The first-order chi connectivity index (χ1) is 14.4. The van der Waals surface area contributed by atoms with Crippen molar-refractivity contribution in [2.45, 2.75) is 4.90 Å². The molecule has 1 saturated heterocycles. The van der Waals surface area contributed by atoms with Crippen LogP contribution in [0.1, 0.15) is 0 Å². The minimum absolute atomic E-state index is 0.0170. The Morgan fingerprint density at radius 3 is 2.30 bits per heavy atom. The van der Waals surface area contributed by atoms with Crippen LogP contribution in [0, 0.1) is 5.82 Å². The quantitative estimate of drug-likeness (QED) is 0.627. The van der Waals surface area contributed by atoms with Gasteiger partial charge in [-0.25, -0.2) is 12.8 Å². The van der Waals surface area contributed by atoms with Gasteiger partial charge >= 0.3 is 0 Å². The van der Waals surface area contributed by atoms with E-state index in [9.17, 15) is 17.6 Å². The van der Waals surface area contributed by atoms with Crippen molar-refractivity contribution in [3.63, 3.8) is 0 Å². The molecule has 0 aromatic heterocycles. The van der Waals surface area contributed by atoms with E-state index in [4.69, 9.17) is 4.74 Å². The number of nitrogens with zero attached hydrogens (tertiary/aromatic N) is 2. The fourth-order valence-corrected chi connectivity index (χ4v) is 4.91. The number of carbonyl (C=O) groups is 1. The van der Waals surface area contributed by atoms with E-state index in [0.717, 1.165) is 10.8 Å². The molecule has 6 nitrogen and oxygen atoms in total. The predicted molar refractivity (Wildman–Crippen MR) is 111 cm³/mol. The highest BCUT2D eigenvalue weighted by molar-refractivity contribution is 7.89. The number of sulfonamides is 1. The Hall–Kier alpha value is -2.97. The Labute approximate surface area is 174 Å². The molecule has 0 spiro atoms. The van der Waals surface area contributed by atoms with Crippen LogP contribution in [0.15, 0.2) is 71.6 Å². The zero-order valence-electron chi connectivity index (χ0n) is 16.2. The van der Waals surface area contributed by atoms with E-state index in [1.54, 1.807) is 30.3 Å². The topological polar surface area (TPSA) is 66.9 Å². The minimum Gasteiger partial charge on any atom is -0.481 e. The van der Waals surface area contributed by atoms with Gasteiger partial charge in [-0.05, 0) is 35.0 Å². The Morgan fingerprint density at radius 1 is 0.900 bits per heavy atom. The lowest BCUT2D eigenvalue weighted by Crippen LogP contribution is -2.51. The predicted octanol–water partition coefficient (Wildman–Crippen LogP) is 2.89. The summed E-state index contributed by atoms with van der Waals surface area (Å²) in [6, 6.07) is 18.5. The van der Waals surface area contributed by atoms with Crippen LogP contribution in [-0.4, -0.2) is 56.3 Å². The van der Waals surface area contributed by atoms with Crippen molar-refractivity contribution in [2.75, 3.05) is 32.8 Å². The van der Waals surface area contributed by atoms with Gasteiger partial charge in [0.15, 0.2) is 18.2 Å². The number of carbonyl (C=O) groups excluding carboxylic acids is 1. The molecule has 30 heavy (non-hydrogen) atoms. The number of halogens is 1. The molecule has 1 aliphatic rings. The number of fused-ring (bicyclic) bond motifs is 1. The lowest BCUT2D eigenvalue weighted by molar-refractivity contribution is -0.134. The molecule has 1 heterocycles. The first kappa shape index (κ1) is 20.3. The second-order valence-electron chi connectivity index (χ2n) is 7.01. The van der Waals surface area contributed by atoms with E-state index in [1.807, 2.05) is 24.3 Å². The monoisotopic (exact) mass is 428 g/mol. The van der Waals surface area contributed by atoms with Crippen molar-refractivity contribution in [2.24, 2.45) is 0 Å². The van der Waals surface area contributed by atoms with Crippen LogP contribution in [0.2, 0.25) is 0 Å². The van der Waals surface area contributed by atoms with E-state index in [-0.39, 0.29) is 49.3 Å². The van der Waals surface area contributed by atoms with Crippen molar-refractivity contribution in [3.05, 3.63) is 72.5 Å². The number of amides is 1. The van der Waals surface area contributed by atoms with Gasteiger partial charge in [-0.1, -0.05) is 42.5 Å². The molecule has 0 radical (unpaired) electrons. The van der Waals surface area contributed by atoms with Gasteiger partial charge in [-0.3, -0.25) is 4.79 Å². The molecule has 156 valence electrons. The number of hydrogen-bond acceptors (Lipinski definition) is 4. The smallest absolute Gasteiger partial charge is 0.260 e. The maximum Gasteiger partial charge on any atom is 0.260 e. The van der Waals surface area contributed by atoms with E-state index in [0.29, 0.717) is 0 Å². The van der Waals surface area contributed by atoms with Crippen molar-refractivity contribution in [3.8, 4) is 5.75 Å². The summed E-state index contributed by atoms with van der Waals surface area (Å²) in [4.78, 5) is 14.1. The molecule has 4 rings (SSSR count). The lowest BCUT2D eigenvalue weighted by Gasteiger charge is -2.34. The maximum absolute atomic E-state index is 13.6. The van der Waals surface area contributed by atoms with Gasteiger partial charge in [0.2, 0.25) is 10.0 Å². The molecule has 0 N–H and O–H groups in total. The summed E-state index contributed by atoms with van der Waals surface area (Å²) in [6.45, 7) is 0.609.